The monoisotopic (exact) mass is 293 g/mol. The van der Waals surface area contributed by atoms with Crippen LogP contribution in [0.15, 0.2) is 36.5 Å². The number of rotatable bonds is 6. The Hall–Kier alpha value is -1.82. The summed E-state index contributed by atoms with van der Waals surface area (Å²) >= 11 is 0. The number of anilines is 1. The topological polar surface area (TPSA) is 64.0 Å². The minimum atomic E-state index is -3.43. The van der Waals surface area contributed by atoms with Crippen molar-refractivity contribution in [2.24, 2.45) is 0 Å². The molecule has 0 fully saturated rings. The Morgan fingerprint density at radius 3 is 2.70 bits per heavy atom. The molecule has 20 heavy (non-hydrogen) atoms. The van der Waals surface area contributed by atoms with Crippen LogP contribution in [0.5, 0.6) is 0 Å². The fourth-order valence-electron chi connectivity index (χ4n) is 1.98. The van der Waals surface area contributed by atoms with Gasteiger partial charge in [0.05, 0.1) is 11.9 Å². The van der Waals surface area contributed by atoms with E-state index in [-0.39, 0.29) is 5.75 Å². The molecule has 2 rings (SSSR count). The molecule has 0 saturated carbocycles. The minimum Gasteiger partial charge on any atom is -0.267 e. The Labute approximate surface area is 119 Å². The van der Waals surface area contributed by atoms with Gasteiger partial charge in [-0.25, -0.2) is 13.1 Å². The number of nitrogens with one attached hydrogen (secondary N) is 1. The molecule has 108 valence electrons. The molecule has 1 heterocycles. The molecule has 0 aliphatic carbocycles. The van der Waals surface area contributed by atoms with E-state index < -0.39 is 10.0 Å². The van der Waals surface area contributed by atoms with Crippen molar-refractivity contribution >= 4 is 15.8 Å². The van der Waals surface area contributed by atoms with Gasteiger partial charge in [-0.3, -0.25) is 4.72 Å². The molecule has 0 radical (unpaired) electrons. The molecule has 1 aromatic heterocycles. The second-order valence-electron chi connectivity index (χ2n) is 4.73. The first-order valence-electron chi connectivity index (χ1n) is 6.58. The molecule has 0 atom stereocenters. The van der Waals surface area contributed by atoms with Gasteiger partial charge in [0, 0.05) is 12.6 Å². The van der Waals surface area contributed by atoms with Crippen LogP contribution in [0, 0.1) is 6.92 Å². The Balaban J connectivity index is 2.15. The van der Waals surface area contributed by atoms with Crippen LogP contribution in [0.2, 0.25) is 0 Å². The third-order valence-corrected chi connectivity index (χ3v) is 4.23. The summed E-state index contributed by atoms with van der Waals surface area (Å²) in [5.74, 6) is 0.484. The van der Waals surface area contributed by atoms with E-state index in [4.69, 9.17) is 0 Å². The van der Waals surface area contributed by atoms with E-state index >= 15 is 0 Å². The normalized spacial score (nSPS) is 11.5. The molecular formula is C14H19N3O2S. The molecule has 6 heteroatoms. The van der Waals surface area contributed by atoms with E-state index in [1.807, 2.05) is 38.1 Å². The Kier molecular flexibility index (Phi) is 4.44. The highest BCUT2D eigenvalue weighted by molar-refractivity contribution is 7.91. The van der Waals surface area contributed by atoms with E-state index in [1.54, 1.807) is 16.9 Å². The molecule has 0 aliphatic rings. The molecular weight excluding hydrogens is 274 g/mol. The Morgan fingerprint density at radius 2 is 2.00 bits per heavy atom. The predicted octanol–water partition coefficient (Wildman–Crippen LogP) is 2.54. The van der Waals surface area contributed by atoms with Gasteiger partial charge < -0.3 is 0 Å². The number of benzene rings is 1. The van der Waals surface area contributed by atoms with E-state index in [1.165, 1.54) is 0 Å². The molecule has 5 nitrogen and oxygen atoms in total. The zero-order valence-corrected chi connectivity index (χ0v) is 12.5. The molecule has 0 amide bonds. The van der Waals surface area contributed by atoms with Crippen molar-refractivity contribution in [2.45, 2.75) is 32.6 Å². The zero-order chi connectivity index (χ0) is 14.6. The summed E-state index contributed by atoms with van der Waals surface area (Å²) in [6.07, 6.45) is 2.50. The third kappa shape index (κ3) is 3.60. The van der Waals surface area contributed by atoms with Crippen LogP contribution in [0.1, 0.15) is 24.5 Å². The van der Waals surface area contributed by atoms with Crippen LogP contribution in [-0.2, 0) is 22.3 Å². The highest BCUT2D eigenvalue weighted by atomic mass is 32.2. The molecule has 0 unspecified atom stereocenters. The quantitative estimate of drug-likeness (QED) is 0.890. The Bertz CT molecular complexity index is 677. The highest BCUT2D eigenvalue weighted by Gasteiger charge is 2.15. The fourth-order valence-corrected chi connectivity index (χ4v) is 3.28. The maximum atomic E-state index is 12.2. The number of aryl methyl sites for hydroxylation is 2. The van der Waals surface area contributed by atoms with Crippen molar-refractivity contribution in [1.29, 1.82) is 0 Å². The van der Waals surface area contributed by atoms with Crippen LogP contribution < -0.4 is 4.72 Å². The highest BCUT2D eigenvalue weighted by Crippen LogP contribution is 2.15. The van der Waals surface area contributed by atoms with Gasteiger partial charge in [-0.15, -0.1) is 0 Å². The average Bonchev–Trinajstić information content (AvgIpc) is 2.79. The fraction of sp³-hybridized carbons (Fsp3) is 0.357. The number of hydrogen-bond acceptors (Lipinski definition) is 3. The summed E-state index contributed by atoms with van der Waals surface area (Å²) in [6.45, 7) is 4.62. The number of nitrogens with zero attached hydrogens (tertiary/aromatic N) is 2. The lowest BCUT2D eigenvalue weighted by Gasteiger charge is -2.11. The number of hydrogen-bond donors (Lipinski definition) is 1. The molecule has 1 N–H and O–H groups in total. The first kappa shape index (κ1) is 14.6. The van der Waals surface area contributed by atoms with Crippen molar-refractivity contribution in [3.8, 4) is 0 Å². The van der Waals surface area contributed by atoms with E-state index in [0.29, 0.717) is 12.4 Å². The molecule has 0 saturated heterocycles. The van der Waals surface area contributed by atoms with Gasteiger partial charge in [0.2, 0.25) is 10.0 Å². The van der Waals surface area contributed by atoms with Crippen molar-refractivity contribution in [3.63, 3.8) is 0 Å². The van der Waals surface area contributed by atoms with Crippen molar-refractivity contribution in [3.05, 3.63) is 47.7 Å². The minimum absolute atomic E-state index is 0.0308. The lowest BCUT2D eigenvalue weighted by Crippen LogP contribution is -2.18. The van der Waals surface area contributed by atoms with Gasteiger partial charge >= 0.3 is 0 Å². The van der Waals surface area contributed by atoms with E-state index in [9.17, 15) is 8.42 Å². The van der Waals surface area contributed by atoms with Gasteiger partial charge in [-0.05, 0) is 24.5 Å². The lowest BCUT2D eigenvalue weighted by atomic mass is 10.1. The van der Waals surface area contributed by atoms with E-state index in [2.05, 4.69) is 9.82 Å². The largest absolute Gasteiger partial charge is 0.267 e. The van der Waals surface area contributed by atoms with Crippen LogP contribution in [-0.4, -0.2) is 18.2 Å². The maximum absolute atomic E-state index is 12.2. The summed E-state index contributed by atoms with van der Waals surface area (Å²) in [5.41, 5.74) is 1.78. The van der Waals surface area contributed by atoms with Gasteiger partial charge in [0.1, 0.15) is 5.82 Å². The predicted molar refractivity (Wildman–Crippen MR) is 79.9 cm³/mol. The molecule has 1 aromatic carbocycles. The van der Waals surface area contributed by atoms with Crippen LogP contribution in [0.3, 0.4) is 0 Å². The van der Waals surface area contributed by atoms with Crippen LogP contribution >= 0.6 is 0 Å². The SMILES string of the molecule is CCCn1nccc1NS(=O)(=O)Cc1ccccc1C. The summed E-state index contributed by atoms with van der Waals surface area (Å²) in [4.78, 5) is 0. The molecule has 0 spiro atoms. The molecule has 2 aromatic rings. The number of sulfonamides is 1. The standard InChI is InChI=1S/C14H19N3O2S/c1-3-10-17-14(8-9-15-17)16-20(18,19)11-13-7-5-4-6-12(13)2/h4-9,16H,3,10-11H2,1-2H3. The second kappa shape index (κ2) is 6.09. The van der Waals surface area contributed by atoms with Gasteiger partial charge in [0.25, 0.3) is 0 Å². The summed E-state index contributed by atoms with van der Waals surface area (Å²) in [7, 11) is -3.43. The second-order valence-corrected chi connectivity index (χ2v) is 6.45. The molecule has 0 aliphatic heterocycles. The van der Waals surface area contributed by atoms with Gasteiger partial charge in [0.15, 0.2) is 0 Å². The summed E-state index contributed by atoms with van der Waals surface area (Å²) in [6, 6.07) is 9.16. The van der Waals surface area contributed by atoms with Gasteiger partial charge in [-0.1, -0.05) is 31.2 Å². The van der Waals surface area contributed by atoms with Gasteiger partial charge in [-0.2, -0.15) is 5.10 Å². The zero-order valence-electron chi connectivity index (χ0n) is 11.7. The smallest absolute Gasteiger partial charge is 0.238 e. The first-order chi connectivity index (χ1) is 9.52. The van der Waals surface area contributed by atoms with Crippen molar-refractivity contribution < 1.29 is 8.42 Å². The van der Waals surface area contributed by atoms with Crippen LogP contribution in [0.4, 0.5) is 5.82 Å². The average molecular weight is 293 g/mol. The molecule has 0 bridgehead atoms. The summed E-state index contributed by atoms with van der Waals surface area (Å²) < 4.78 is 28.7. The van der Waals surface area contributed by atoms with E-state index in [0.717, 1.165) is 17.5 Å². The summed E-state index contributed by atoms with van der Waals surface area (Å²) in [5, 5.41) is 4.10. The lowest BCUT2D eigenvalue weighted by molar-refractivity contribution is 0.592. The maximum Gasteiger partial charge on any atom is 0.238 e. The number of aromatic nitrogens is 2. The van der Waals surface area contributed by atoms with Crippen molar-refractivity contribution in [2.75, 3.05) is 4.72 Å². The van der Waals surface area contributed by atoms with Crippen molar-refractivity contribution in [1.82, 2.24) is 9.78 Å². The third-order valence-electron chi connectivity index (χ3n) is 3.02. The Morgan fingerprint density at radius 1 is 1.25 bits per heavy atom. The van der Waals surface area contributed by atoms with Crippen LogP contribution in [0.25, 0.3) is 0 Å². The first-order valence-corrected chi connectivity index (χ1v) is 8.24.